The first-order chi connectivity index (χ1) is 8.38. The molecule has 6 heteroatoms. The molecule has 0 aromatic carbocycles. The van der Waals surface area contributed by atoms with Gasteiger partial charge in [-0.1, -0.05) is 6.07 Å². The van der Waals surface area contributed by atoms with E-state index in [1.807, 2.05) is 18.2 Å². The van der Waals surface area contributed by atoms with Gasteiger partial charge in [0.1, 0.15) is 5.82 Å². The second-order valence-corrected chi connectivity index (χ2v) is 3.41. The second-order valence-electron chi connectivity index (χ2n) is 3.41. The zero-order valence-corrected chi connectivity index (χ0v) is 9.30. The predicted molar refractivity (Wildman–Crippen MR) is 66.3 cm³/mol. The average molecular weight is 230 g/mol. The van der Waals surface area contributed by atoms with E-state index in [9.17, 15) is 0 Å². The van der Waals surface area contributed by atoms with Crippen molar-refractivity contribution in [2.75, 3.05) is 17.3 Å². The zero-order chi connectivity index (χ0) is 11.9. The van der Waals surface area contributed by atoms with Crippen LogP contribution in [-0.4, -0.2) is 21.5 Å². The molecule has 0 fully saturated rings. The van der Waals surface area contributed by atoms with E-state index in [-0.39, 0.29) is 0 Å². The van der Waals surface area contributed by atoms with Crippen LogP contribution >= 0.6 is 0 Å². The van der Waals surface area contributed by atoms with E-state index in [1.54, 1.807) is 18.5 Å². The van der Waals surface area contributed by atoms with E-state index in [0.29, 0.717) is 5.95 Å². The molecule has 0 spiro atoms. The van der Waals surface area contributed by atoms with Gasteiger partial charge in [0.05, 0.1) is 0 Å². The number of nitrogens with two attached hydrogens (primary N) is 1. The zero-order valence-electron chi connectivity index (χ0n) is 9.30. The van der Waals surface area contributed by atoms with E-state index in [2.05, 4.69) is 25.7 Å². The van der Waals surface area contributed by atoms with Gasteiger partial charge in [0.2, 0.25) is 5.95 Å². The molecule has 2 aromatic rings. The Balaban J connectivity index is 1.86. The van der Waals surface area contributed by atoms with E-state index >= 15 is 0 Å². The summed E-state index contributed by atoms with van der Waals surface area (Å²) < 4.78 is 0. The maximum Gasteiger partial charge on any atom is 0.239 e. The molecule has 0 atom stereocenters. The first-order valence-corrected chi connectivity index (χ1v) is 5.32. The fraction of sp³-hybridized carbons (Fsp3) is 0.182. The van der Waals surface area contributed by atoms with E-state index in [0.717, 1.165) is 24.5 Å². The summed E-state index contributed by atoms with van der Waals surface area (Å²) in [6, 6.07) is 7.66. The SMILES string of the molecule is NNc1nccc(NCCc2ccccn2)n1. The van der Waals surface area contributed by atoms with Gasteiger partial charge in [0, 0.05) is 31.1 Å². The Bertz CT molecular complexity index is 459. The molecule has 17 heavy (non-hydrogen) atoms. The number of aromatic nitrogens is 3. The number of hydrogen-bond donors (Lipinski definition) is 3. The van der Waals surface area contributed by atoms with Crippen molar-refractivity contribution in [1.82, 2.24) is 15.0 Å². The van der Waals surface area contributed by atoms with Gasteiger partial charge in [-0.15, -0.1) is 0 Å². The molecule has 0 amide bonds. The Labute approximate surface area is 99.3 Å². The molecule has 0 aliphatic heterocycles. The molecule has 2 rings (SSSR count). The normalized spacial score (nSPS) is 9.94. The second kappa shape index (κ2) is 5.76. The Morgan fingerprint density at radius 2 is 2.06 bits per heavy atom. The minimum absolute atomic E-state index is 0.396. The van der Waals surface area contributed by atoms with Crippen molar-refractivity contribution in [2.24, 2.45) is 5.84 Å². The Morgan fingerprint density at radius 3 is 2.82 bits per heavy atom. The lowest BCUT2D eigenvalue weighted by atomic mass is 10.3. The van der Waals surface area contributed by atoms with Gasteiger partial charge < -0.3 is 5.32 Å². The van der Waals surface area contributed by atoms with Crippen LogP contribution in [0.4, 0.5) is 11.8 Å². The molecule has 0 unspecified atom stereocenters. The first-order valence-electron chi connectivity index (χ1n) is 5.32. The largest absolute Gasteiger partial charge is 0.370 e. The van der Waals surface area contributed by atoms with Crippen LogP contribution in [-0.2, 0) is 6.42 Å². The maximum absolute atomic E-state index is 5.23. The molecule has 4 N–H and O–H groups in total. The molecule has 88 valence electrons. The number of pyridine rings is 1. The van der Waals surface area contributed by atoms with E-state index in [4.69, 9.17) is 5.84 Å². The summed E-state index contributed by atoms with van der Waals surface area (Å²) in [5.74, 6) is 6.36. The van der Waals surface area contributed by atoms with Crippen LogP contribution in [0.25, 0.3) is 0 Å². The van der Waals surface area contributed by atoms with Gasteiger partial charge in [-0.05, 0) is 18.2 Å². The van der Waals surface area contributed by atoms with Crippen LogP contribution in [0.5, 0.6) is 0 Å². The predicted octanol–water partition coefficient (Wildman–Crippen LogP) is 0.812. The quantitative estimate of drug-likeness (QED) is 0.520. The smallest absolute Gasteiger partial charge is 0.239 e. The number of nitrogen functional groups attached to an aromatic ring is 1. The van der Waals surface area contributed by atoms with Crippen molar-refractivity contribution in [2.45, 2.75) is 6.42 Å². The van der Waals surface area contributed by atoms with Crippen molar-refractivity contribution in [1.29, 1.82) is 0 Å². The number of nitrogens with one attached hydrogen (secondary N) is 2. The van der Waals surface area contributed by atoms with Crippen molar-refractivity contribution < 1.29 is 0 Å². The monoisotopic (exact) mass is 230 g/mol. The third-order valence-corrected chi connectivity index (χ3v) is 2.20. The molecule has 0 aliphatic carbocycles. The van der Waals surface area contributed by atoms with Crippen LogP contribution in [0, 0.1) is 0 Å². The molecular weight excluding hydrogens is 216 g/mol. The number of anilines is 2. The van der Waals surface area contributed by atoms with Crippen LogP contribution in [0.15, 0.2) is 36.7 Å². The minimum Gasteiger partial charge on any atom is -0.370 e. The molecule has 2 heterocycles. The number of nitrogens with zero attached hydrogens (tertiary/aromatic N) is 3. The van der Waals surface area contributed by atoms with Gasteiger partial charge in [0.15, 0.2) is 0 Å². The van der Waals surface area contributed by atoms with Crippen molar-refractivity contribution in [3.05, 3.63) is 42.4 Å². The lowest BCUT2D eigenvalue weighted by Crippen LogP contribution is -2.12. The molecule has 6 nitrogen and oxygen atoms in total. The molecule has 2 aromatic heterocycles. The van der Waals surface area contributed by atoms with E-state index < -0.39 is 0 Å². The summed E-state index contributed by atoms with van der Waals surface area (Å²) in [6.45, 7) is 0.762. The standard InChI is InChI=1S/C11H14N6/c12-17-11-15-8-5-10(16-11)14-7-4-9-3-1-2-6-13-9/h1-3,5-6,8H,4,7,12H2,(H2,14,15,16,17). The average Bonchev–Trinajstić information content (AvgIpc) is 2.40. The minimum atomic E-state index is 0.396. The van der Waals surface area contributed by atoms with Crippen molar-refractivity contribution in [3.63, 3.8) is 0 Å². The van der Waals surface area contributed by atoms with Gasteiger partial charge in [-0.2, -0.15) is 4.98 Å². The third kappa shape index (κ3) is 3.39. The topological polar surface area (TPSA) is 88.8 Å². The summed E-state index contributed by atoms with van der Waals surface area (Å²) in [4.78, 5) is 12.3. The molecule has 0 radical (unpaired) electrons. The fourth-order valence-electron chi connectivity index (χ4n) is 1.39. The fourth-order valence-corrected chi connectivity index (χ4v) is 1.39. The molecule has 0 bridgehead atoms. The Morgan fingerprint density at radius 1 is 1.12 bits per heavy atom. The molecule has 0 saturated heterocycles. The number of hydrogen-bond acceptors (Lipinski definition) is 6. The van der Waals surface area contributed by atoms with E-state index in [1.165, 1.54) is 0 Å². The Hall–Kier alpha value is -2.21. The number of hydrazine groups is 1. The first kappa shape index (κ1) is 11.3. The lowest BCUT2D eigenvalue weighted by Gasteiger charge is -2.06. The summed E-state index contributed by atoms with van der Waals surface area (Å²) in [5.41, 5.74) is 3.45. The van der Waals surface area contributed by atoms with Crippen molar-refractivity contribution >= 4 is 11.8 Å². The van der Waals surface area contributed by atoms with Crippen LogP contribution in [0.3, 0.4) is 0 Å². The highest BCUT2D eigenvalue weighted by atomic mass is 15.3. The highest BCUT2D eigenvalue weighted by molar-refractivity contribution is 5.38. The van der Waals surface area contributed by atoms with Crippen LogP contribution in [0.1, 0.15) is 5.69 Å². The molecule has 0 aliphatic rings. The summed E-state index contributed by atoms with van der Waals surface area (Å²) >= 11 is 0. The van der Waals surface area contributed by atoms with Crippen LogP contribution < -0.4 is 16.6 Å². The highest BCUT2D eigenvalue weighted by Gasteiger charge is 1.97. The Kier molecular flexibility index (Phi) is 3.82. The summed E-state index contributed by atoms with van der Waals surface area (Å²) in [5, 5.41) is 3.18. The molecular formula is C11H14N6. The van der Waals surface area contributed by atoms with Gasteiger partial charge in [0.25, 0.3) is 0 Å². The third-order valence-electron chi connectivity index (χ3n) is 2.20. The van der Waals surface area contributed by atoms with Gasteiger partial charge in [-0.25, -0.2) is 10.8 Å². The molecule has 0 saturated carbocycles. The van der Waals surface area contributed by atoms with Crippen LogP contribution in [0.2, 0.25) is 0 Å². The number of rotatable bonds is 5. The van der Waals surface area contributed by atoms with Gasteiger partial charge in [-0.3, -0.25) is 10.4 Å². The van der Waals surface area contributed by atoms with Gasteiger partial charge >= 0.3 is 0 Å². The highest BCUT2D eigenvalue weighted by Crippen LogP contribution is 2.04. The lowest BCUT2D eigenvalue weighted by molar-refractivity contribution is 0.950. The van der Waals surface area contributed by atoms with Crippen molar-refractivity contribution in [3.8, 4) is 0 Å². The summed E-state index contributed by atoms with van der Waals surface area (Å²) in [6.07, 6.45) is 4.28. The summed E-state index contributed by atoms with van der Waals surface area (Å²) in [7, 11) is 0. The maximum atomic E-state index is 5.23.